The van der Waals surface area contributed by atoms with Gasteiger partial charge in [0.2, 0.25) is 0 Å². The molecule has 0 saturated heterocycles. The monoisotopic (exact) mass is 627 g/mol. The van der Waals surface area contributed by atoms with E-state index in [0.717, 1.165) is 38.6 Å². The van der Waals surface area contributed by atoms with Gasteiger partial charge >= 0.3 is 0 Å². The van der Waals surface area contributed by atoms with Crippen LogP contribution < -0.4 is 20.7 Å². The van der Waals surface area contributed by atoms with Crippen LogP contribution >= 0.6 is 0 Å². The Kier molecular flexibility index (Phi) is 7.27. The quantitative estimate of drug-likeness (QED) is 0.141. The van der Waals surface area contributed by atoms with Crippen molar-refractivity contribution in [3.8, 4) is 29.0 Å². The van der Waals surface area contributed by atoms with E-state index in [9.17, 15) is 10.5 Å². The van der Waals surface area contributed by atoms with Gasteiger partial charge in [0.05, 0.1) is 33.9 Å². The minimum atomic E-state index is -2.84. The van der Waals surface area contributed by atoms with Crippen LogP contribution in [0.1, 0.15) is 11.1 Å². The lowest BCUT2D eigenvalue weighted by Gasteiger charge is -2.34. The van der Waals surface area contributed by atoms with E-state index < -0.39 is 8.07 Å². The summed E-state index contributed by atoms with van der Waals surface area (Å²) in [5.41, 5.74) is 5.39. The molecule has 0 aliphatic carbocycles. The fourth-order valence-corrected chi connectivity index (χ4v) is 12.2. The fourth-order valence-electron chi connectivity index (χ4n) is 7.43. The van der Waals surface area contributed by atoms with Crippen molar-refractivity contribution in [1.82, 2.24) is 4.57 Å². The molecule has 0 radical (unpaired) electrons. The molecule has 8 aromatic rings. The van der Waals surface area contributed by atoms with Gasteiger partial charge in [0, 0.05) is 16.3 Å². The number of para-hydroxylation sites is 2. The van der Waals surface area contributed by atoms with Crippen molar-refractivity contribution < 1.29 is 0 Å². The van der Waals surface area contributed by atoms with Gasteiger partial charge in [0.1, 0.15) is 6.07 Å². The Labute approximate surface area is 280 Å². The van der Waals surface area contributed by atoms with Crippen molar-refractivity contribution in [3.63, 3.8) is 0 Å². The summed E-state index contributed by atoms with van der Waals surface area (Å²) < 4.78 is 2.17. The largest absolute Gasteiger partial charge is 0.307 e. The van der Waals surface area contributed by atoms with Gasteiger partial charge in [-0.2, -0.15) is 10.5 Å². The molecule has 0 fully saturated rings. The van der Waals surface area contributed by atoms with Crippen LogP contribution in [0.4, 0.5) is 0 Å². The molecule has 224 valence electrons. The summed E-state index contributed by atoms with van der Waals surface area (Å²) in [6.45, 7) is 0. The third kappa shape index (κ3) is 4.48. The van der Waals surface area contributed by atoms with E-state index >= 15 is 0 Å². The molecule has 7 aromatic carbocycles. The molecule has 0 atom stereocenters. The topological polar surface area (TPSA) is 52.5 Å². The van der Waals surface area contributed by atoms with Gasteiger partial charge in [-0.1, -0.05) is 152 Å². The number of benzene rings is 7. The van der Waals surface area contributed by atoms with E-state index in [1.165, 1.54) is 20.7 Å². The number of rotatable bonds is 6. The van der Waals surface area contributed by atoms with Gasteiger partial charge in [-0.25, -0.2) is 0 Å². The first kappa shape index (κ1) is 29.0. The summed E-state index contributed by atoms with van der Waals surface area (Å²) in [6.07, 6.45) is 0. The first-order valence-corrected chi connectivity index (χ1v) is 18.0. The molecule has 0 aliphatic rings. The molecule has 0 unspecified atom stereocenters. The summed E-state index contributed by atoms with van der Waals surface area (Å²) in [7, 11) is -2.84. The summed E-state index contributed by atoms with van der Waals surface area (Å²) in [6, 6.07) is 66.2. The van der Waals surface area contributed by atoms with Crippen molar-refractivity contribution >= 4 is 50.6 Å². The Hall–Kier alpha value is -6.46. The summed E-state index contributed by atoms with van der Waals surface area (Å²) in [5, 5.41) is 28.4. The first-order chi connectivity index (χ1) is 23.8. The molecule has 1 heterocycles. The van der Waals surface area contributed by atoms with Crippen molar-refractivity contribution in [3.05, 3.63) is 187 Å². The minimum absolute atomic E-state index is 0.513. The lowest BCUT2D eigenvalue weighted by atomic mass is 9.95. The van der Waals surface area contributed by atoms with Crippen LogP contribution in [0, 0.1) is 22.7 Å². The molecule has 3 nitrogen and oxygen atoms in total. The molecule has 4 heteroatoms. The highest BCUT2D eigenvalue weighted by molar-refractivity contribution is 7.19. The molecule has 0 amide bonds. The van der Waals surface area contributed by atoms with Gasteiger partial charge in [-0.15, -0.1) is 0 Å². The van der Waals surface area contributed by atoms with E-state index in [-0.39, 0.29) is 0 Å². The zero-order valence-corrected chi connectivity index (χ0v) is 27.1. The number of nitrogens with zero attached hydrogens (tertiary/aromatic N) is 3. The second-order valence-electron chi connectivity index (χ2n) is 11.9. The van der Waals surface area contributed by atoms with Crippen molar-refractivity contribution in [2.45, 2.75) is 0 Å². The van der Waals surface area contributed by atoms with Crippen LogP contribution in [0.5, 0.6) is 0 Å². The number of fused-ring (bicyclic) bond motifs is 3. The van der Waals surface area contributed by atoms with Gasteiger partial charge in [0.25, 0.3) is 0 Å². The number of hydrogen-bond donors (Lipinski definition) is 0. The Morgan fingerprint density at radius 3 is 1.35 bits per heavy atom. The molecule has 0 saturated carbocycles. The normalized spacial score (nSPS) is 11.3. The van der Waals surface area contributed by atoms with E-state index in [1.54, 1.807) is 12.1 Å². The van der Waals surface area contributed by atoms with Crippen LogP contribution in [0.25, 0.3) is 38.6 Å². The number of nitriles is 2. The molecular formula is C44H29N3Si. The Morgan fingerprint density at radius 1 is 0.417 bits per heavy atom. The second kappa shape index (κ2) is 12.0. The zero-order chi connectivity index (χ0) is 32.5. The Morgan fingerprint density at radius 2 is 0.854 bits per heavy atom. The average molecular weight is 628 g/mol. The molecule has 8 rings (SSSR count). The van der Waals surface area contributed by atoms with Crippen LogP contribution in [0.3, 0.4) is 0 Å². The van der Waals surface area contributed by atoms with Crippen molar-refractivity contribution in [1.29, 1.82) is 10.5 Å². The predicted molar refractivity (Wildman–Crippen MR) is 199 cm³/mol. The highest BCUT2D eigenvalue weighted by Crippen LogP contribution is 2.39. The Balaban J connectivity index is 1.49. The maximum atomic E-state index is 10.6. The zero-order valence-electron chi connectivity index (χ0n) is 26.1. The lowest BCUT2D eigenvalue weighted by Crippen LogP contribution is -2.74. The van der Waals surface area contributed by atoms with Crippen LogP contribution in [-0.2, 0) is 0 Å². The smallest absolute Gasteiger partial charge is 0.179 e. The highest BCUT2D eigenvalue weighted by Gasteiger charge is 2.41. The maximum Gasteiger partial charge on any atom is 0.179 e. The third-order valence-corrected chi connectivity index (χ3v) is 14.2. The highest BCUT2D eigenvalue weighted by atomic mass is 28.3. The van der Waals surface area contributed by atoms with Gasteiger partial charge in [0.15, 0.2) is 8.07 Å². The van der Waals surface area contributed by atoms with Crippen LogP contribution in [0.2, 0.25) is 0 Å². The molecule has 0 aliphatic heterocycles. The Bertz CT molecular complexity index is 2370. The van der Waals surface area contributed by atoms with E-state index in [4.69, 9.17) is 0 Å². The summed E-state index contributed by atoms with van der Waals surface area (Å²) in [4.78, 5) is 0. The summed E-state index contributed by atoms with van der Waals surface area (Å²) in [5.74, 6) is 0. The predicted octanol–water partition coefficient (Wildman–Crippen LogP) is 7.57. The fraction of sp³-hybridized carbons (Fsp3) is 0. The van der Waals surface area contributed by atoms with Gasteiger partial charge < -0.3 is 4.57 Å². The molecular weight excluding hydrogens is 599 g/mol. The number of hydrogen-bond acceptors (Lipinski definition) is 2. The average Bonchev–Trinajstić information content (AvgIpc) is 3.50. The van der Waals surface area contributed by atoms with Crippen LogP contribution in [-0.4, -0.2) is 12.6 Å². The third-order valence-electron chi connectivity index (χ3n) is 9.43. The SMILES string of the molecule is N#Cc1ccc(C#N)c(-n2c3ccccc3c3ccccc32)c1-c1cccc([Si](c2ccccc2)(c2ccccc2)c2ccccc2)c1. The van der Waals surface area contributed by atoms with Gasteiger partial charge in [-0.3, -0.25) is 0 Å². The van der Waals surface area contributed by atoms with Gasteiger partial charge in [-0.05, 0) is 50.6 Å². The van der Waals surface area contributed by atoms with Crippen LogP contribution in [0.15, 0.2) is 176 Å². The molecule has 1 aromatic heterocycles. The first-order valence-electron chi connectivity index (χ1n) is 16.0. The molecule has 0 N–H and O–H groups in total. The lowest BCUT2D eigenvalue weighted by molar-refractivity contribution is 1.17. The second-order valence-corrected chi connectivity index (χ2v) is 15.7. The van der Waals surface area contributed by atoms with Crippen molar-refractivity contribution in [2.24, 2.45) is 0 Å². The molecule has 48 heavy (non-hydrogen) atoms. The maximum absolute atomic E-state index is 10.6. The summed E-state index contributed by atoms with van der Waals surface area (Å²) >= 11 is 0. The van der Waals surface area contributed by atoms with E-state index in [2.05, 4.69) is 156 Å². The molecule has 0 bridgehead atoms. The number of aromatic nitrogens is 1. The molecule has 0 spiro atoms. The van der Waals surface area contributed by atoms with E-state index in [0.29, 0.717) is 11.1 Å². The van der Waals surface area contributed by atoms with Crippen molar-refractivity contribution in [2.75, 3.05) is 0 Å². The standard InChI is InChI=1S/C44H29N3Si/c45-30-33-27-28-34(31-46)44(47-41-25-12-10-23-39(41)40-24-11-13-26-42(40)47)43(33)32-15-14-22-38(29-32)48(35-16-4-1-5-17-35,36-18-6-2-7-19-36)37-20-8-3-9-21-37/h1-29H. The van der Waals surface area contributed by atoms with E-state index in [1.807, 2.05) is 24.3 Å². The minimum Gasteiger partial charge on any atom is -0.307 e.